The Morgan fingerprint density at radius 3 is 2.48 bits per heavy atom. The van der Waals surface area contributed by atoms with E-state index in [-0.39, 0.29) is 5.02 Å². The minimum Gasteiger partial charge on any atom is -0.370 e. The number of benzene rings is 1. The van der Waals surface area contributed by atoms with Crippen LogP contribution >= 0.6 is 11.6 Å². The normalized spacial score (nSPS) is 10.5. The van der Waals surface area contributed by atoms with Crippen LogP contribution in [0, 0.1) is 5.82 Å². The zero-order valence-corrected chi connectivity index (χ0v) is 12.8. The summed E-state index contributed by atoms with van der Waals surface area (Å²) >= 11 is 5.78. The average Bonchev–Trinajstić information content (AvgIpc) is 2.49. The van der Waals surface area contributed by atoms with E-state index in [0.717, 1.165) is 35.7 Å². The molecule has 2 aromatic rings. The summed E-state index contributed by atoms with van der Waals surface area (Å²) in [4.78, 5) is 8.53. The second-order valence-electron chi connectivity index (χ2n) is 4.54. The van der Waals surface area contributed by atoms with Crippen LogP contribution in [0.5, 0.6) is 0 Å². The maximum Gasteiger partial charge on any atom is 0.141 e. The molecule has 6 heteroatoms. The van der Waals surface area contributed by atoms with Crippen molar-refractivity contribution in [3.05, 3.63) is 46.5 Å². The van der Waals surface area contributed by atoms with Crippen LogP contribution in [0.25, 0.3) is 0 Å². The Morgan fingerprint density at radius 1 is 1.14 bits per heavy atom. The molecule has 0 saturated carbocycles. The summed E-state index contributed by atoms with van der Waals surface area (Å²) in [5.74, 6) is 1.21. The van der Waals surface area contributed by atoms with Gasteiger partial charge in [-0.05, 0) is 31.0 Å². The third-order valence-electron chi connectivity index (χ3n) is 3.09. The van der Waals surface area contributed by atoms with Gasteiger partial charge in [-0.25, -0.2) is 14.4 Å². The molecule has 1 heterocycles. The van der Waals surface area contributed by atoms with Gasteiger partial charge >= 0.3 is 0 Å². The lowest BCUT2D eigenvalue weighted by molar-refractivity contribution is 0.627. The van der Waals surface area contributed by atoms with E-state index in [9.17, 15) is 4.39 Å². The first-order valence-electron chi connectivity index (χ1n) is 6.91. The summed E-state index contributed by atoms with van der Waals surface area (Å²) in [6, 6.07) is 4.68. The fraction of sp³-hybridized carbons (Fsp3) is 0.333. The van der Waals surface area contributed by atoms with Crippen LogP contribution in [0.2, 0.25) is 5.02 Å². The van der Waals surface area contributed by atoms with Crippen molar-refractivity contribution in [3.8, 4) is 0 Å². The van der Waals surface area contributed by atoms with Crippen LogP contribution in [0.3, 0.4) is 0 Å². The van der Waals surface area contributed by atoms with Crippen LogP contribution in [0.4, 0.5) is 16.0 Å². The predicted octanol–water partition coefficient (Wildman–Crippen LogP) is 3.88. The van der Waals surface area contributed by atoms with E-state index in [1.165, 1.54) is 12.4 Å². The van der Waals surface area contributed by atoms with E-state index < -0.39 is 5.82 Å². The molecule has 1 aromatic carbocycles. The molecule has 0 aliphatic carbocycles. The fourth-order valence-electron chi connectivity index (χ4n) is 2.05. The molecule has 0 bridgehead atoms. The predicted molar refractivity (Wildman–Crippen MR) is 84.3 cm³/mol. The van der Waals surface area contributed by atoms with Gasteiger partial charge in [0.1, 0.15) is 23.8 Å². The number of nitrogens with one attached hydrogen (secondary N) is 2. The molecule has 0 aliphatic rings. The van der Waals surface area contributed by atoms with E-state index in [1.807, 2.05) is 6.92 Å². The Morgan fingerprint density at radius 2 is 1.86 bits per heavy atom. The lowest BCUT2D eigenvalue weighted by Gasteiger charge is -2.14. The summed E-state index contributed by atoms with van der Waals surface area (Å²) in [5, 5.41) is 6.60. The summed E-state index contributed by atoms with van der Waals surface area (Å²) < 4.78 is 13.1. The number of rotatable bonds is 6. The van der Waals surface area contributed by atoms with E-state index >= 15 is 0 Å². The SMILES string of the molecule is CCNc1ncnc(NCc2ccc(F)c(Cl)c2)c1CC. The quantitative estimate of drug-likeness (QED) is 0.850. The highest BCUT2D eigenvalue weighted by Crippen LogP contribution is 2.22. The molecular formula is C15H18ClFN4. The third-order valence-corrected chi connectivity index (χ3v) is 3.38. The van der Waals surface area contributed by atoms with Gasteiger partial charge in [-0.1, -0.05) is 24.6 Å². The van der Waals surface area contributed by atoms with Crippen molar-refractivity contribution in [2.24, 2.45) is 0 Å². The Balaban J connectivity index is 2.15. The number of aromatic nitrogens is 2. The summed E-state index contributed by atoms with van der Waals surface area (Å²) in [6.07, 6.45) is 2.34. The molecule has 0 atom stereocenters. The molecule has 2 rings (SSSR count). The first kappa shape index (κ1) is 15.5. The van der Waals surface area contributed by atoms with Crippen molar-refractivity contribution < 1.29 is 4.39 Å². The molecule has 4 nitrogen and oxygen atoms in total. The number of halogens is 2. The molecule has 0 saturated heterocycles. The first-order valence-corrected chi connectivity index (χ1v) is 7.29. The van der Waals surface area contributed by atoms with Crippen molar-refractivity contribution >= 4 is 23.2 Å². The maximum atomic E-state index is 13.1. The number of nitrogens with zero attached hydrogens (tertiary/aromatic N) is 2. The minimum absolute atomic E-state index is 0.126. The summed E-state index contributed by atoms with van der Waals surface area (Å²) in [7, 11) is 0. The molecule has 1 aromatic heterocycles. The zero-order valence-electron chi connectivity index (χ0n) is 12.1. The second-order valence-corrected chi connectivity index (χ2v) is 4.94. The van der Waals surface area contributed by atoms with E-state index in [4.69, 9.17) is 11.6 Å². The largest absolute Gasteiger partial charge is 0.370 e. The number of anilines is 2. The van der Waals surface area contributed by atoms with Crippen molar-refractivity contribution in [3.63, 3.8) is 0 Å². The van der Waals surface area contributed by atoms with Crippen molar-refractivity contribution in [1.82, 2.24) is 9.97 Å². The molecule has 0 aliphatic heterocycles. The fourth-order valence-corrected chi connectivity index (χ4v) is 2.26. The average molecular weight is 309 g/mol. The van der Waals surface area contributed by atoms with Gasteiger partial charge < -0.3 is 10.6 Å². The van der Waals surface area contributed by atoms with Gasteiger partial charge in [0.15, 0.2) is 0 Å². The maximum absolute atomic E-state index is 13.1. The Kier molecular flexibility index (Phi) is 5.33. The molecule has 0 radical (unpaired) electrons. The van der Waals surface area contributed by atoms with Gasteiger partial charge in [0, 0.05) is 18.7 Å². The minimum atomic E-state index is -0.411. The Hall–Kier alpha value is -1.88. The van der Waals surface area contributed by atoms with Crippen molar-refractivity contribution in [2.45, 2.75) is 26.8 Å². The molecular weight excluding hydrogens is 291 g/mol. The van der Waals surface area contributed by atoms with Crippen LogP contribution in [-0.4, -0.2) is 16.5 Å². The molecule has 0 amide bonds. The van der Waals surface area contributed by atoms with Crippen LogP contribution in [0.15, 0.2) is 24.5 Å². The van der Waals surface area contributed by atoms with Gasteiger partial charge in [0.25, 0.3) is 0 Å². The van der Waals surface area contributed by atoms with E-state index in [1.54, 1.807) is 12.1 Å². The monoisotopic (exact) mass is 308 g/mol. The molecule has 112 valence electrons. The van der Waals surface area contributed by atoms with E-state index in [2.05, 4.69) is 27.5 Å². The van der Waals surface area contributed by atoms with Gasteiger partial charge in [-0.2, -0.15) is 0 Å². The second kappa shape index (κ2) is 7.22. The van der Waals surface area contributed by atoms with E-state index in [0.29, 0.717) is 6.54 Å². The van der Waals surface area contributed by atoms with Crippen molar-refractivity contribution in [2.75, 3.05) is 17.2 Å². The lowest BCUT2D eigenvalue weighted by Crippen LogP contribution is -2.09. The zero-order chi connectivity index (χ0) is 15.2. The summed E-state index contributed by atoms with van der Waals surface area (Å²) in [6.45, 7) is 5.40. The highest BCUT2D eigenvalue weighted by atomic mass is 35.5. The molecule has 0 fully saturated rings. The van der Waals surface area contributed by atoms with Crippen molar-refractivity contribution in [1.29, 1.82) is 0 Å². The number of hydrogen-bond acceptors (Lipinski definition) is 4. The highest BCUT2D eigenvalue weighted by Gasteiger charge is 2.09. The standard InChI is InChI=1S/C15H18ClFN4/c1-3-11-14(18-4-2)20-9-21-15(11)19-8-10-5-6-13(17)12(16)7-10/h5-7,9H,3-4,8H2,1-2H3,(H2,18,19,20,21). The van der Waals surface area contributed by atoms with Gasteiger partial charge in [-0.3, -0.25) is 0 Å². The Bertz CT molecular complexity index is 619. The number of hydrogen-bond donors (Lipinski definition) is 2. The first-order chi connectivity index (χ1) is 10.2. The molecule has 0 spiro atoms. The third kappa shape index (κ3) is 3.82. The molecule has 0 unspecified atom stereocenters. The van der Waals surface area contributed by atoms with Crippen LogP contribution in [0.1, 0.15) is 25.0 Å². The topological polar surface area (TPSA) is 49.8 Å². The van der Waals surface area contributed by atoms with Crippen LogP contribution in [-0.2, 0) is 13.0 Å². The Labute approximate surface area is 128 Å². The van der Waals surface area contributed by atoms with Gasteiger partial charge in [-0.15, -0.1) is 0 Å². The smallest absolute Gasteiger partial charge is 0.141 e. The van der Waals surface area contributed by atoms with Gasteiger partial charge in [0.05, 0.1) is 5.02 Å². The summed E-state index contributed by atoms with van der Waals surface area (Å²) in [5.41, 5.74) is 1.93. The molecule has 21 heavy (non-hydrogen) atoms. The molecule has 2 N–H and O–H groups in total. The highest BCUT2D eigenvalue weighted by molar-refractivity contribution is 6.30. The lowest BCUT2D eigenvalue weighted by atomic mass is 10.2. The van der Waals surface area contributed by atoms with Gasteiger partial charge in [0.2, 0.25) is 0 Å². The van der Waals surface area contributed by atoms with Crippen LogP contribution < -0.4 is 10.6 Å².